The van der Waals surface area contributed by atoms with Crippen molar-refractivity contribution in [2.75, 3.05) is 0 Å². The molecule has 8 atom stereocenters. The largest absolute Gasteiger partial charge is 0.465 e. The minimum Gasteiger partial charge on any atom is -0.465 e. The summed E-state index contributed by atoms with van der Waals surface area (Å²) in [6.45, 7) is 14.8. The Hall–Kier alpha value is -2.55. The SMILES string of the molecule is CC(C)[C@@H](C)CC[C@@H](C)[C@@H]1CC[C@@H]2C3=CC[C@H]4/C(=C/c5ccco5)C(=O)/C(=C\c5ccco5)C[C@]4(C)[C@H]3CC[C@@]21C. The Bertz CT molecular complexity index is 1320. The van der Waals surface area contributed by atoms with E-state index in [1.54, 1.807) is 18.1 Å². The summed E-state index contributed by atoms with van der Waals surface area (Å²) in [5.41, 5.74) is 3.92. The van der Waals surface area contributed by atoms with Crippen LogP contribution in [-0.4, -0.2) is 5.78 Å². The predicted octanol–water partition coefficient (Wildman–Crippen LogP) is 10.4. The molecule has 0 aromatic carbocycles. The molecule has 0 unspecified atom stereocenters. The number of hydrogen-bond acceptors (Lipinski definition) is 3. The van der Waals surface area contributed by atoms with Gasteiger partial charge in [0.15, 0.2) is 5.78 Å². The Kier molecular flexibility index (Phi) is 7.62. The second kappa shape index (κ2) is 10.9. The maximum absolute atomic E-state index is 14.0. The molecule has 0 N–H and O–H groups in total. The Morgan fingerprint density at radius 1 is 0.878 bits per heavy atom. The van der Waals surface area contributed by atoms with Crippen molar-refractivity contribution in [1.82, 2.24) is 0 Å². The highest BCUT2D eigenvalue weighted by Crippen LogP contribution is 2.67. The Labute approximate surface area is 247 Å². The molecule has 4 aliphatic rings. The third kappa shape index (κ3) is 4.96. The molecule has 3 nitrogen and oxygen atoms in total. The molecule has 6 rings (SSSR count). The molecule has 0 amide bonds. The number of carbonyl (C=O) groups is 1. The van der Waals surface area contributed by atoms with Gasteiger partial charge in [-0.15, -0.1) is 0 Å². The fourth-order valence-electron chi connectivity index (χ4n) is 9.71. The van der Waals surface area contributed by atoms with Gasteiger partial charge in [-0.25, -0.2) is 0 Å². The van der Waals surface area contributed by atoms with E-state index in [-0.39, 0.29) is 17.1 Å². The number of furan rings is 2. The first-order valence-electron chi connectivity index (χ1n) is 16.4. The summed E-state index contributed by atoms with van der Waals surface area (Å²) in [4.78, 5) is 14.0. The molecule has 0 aliphatic heterocycles. The molecule has 3 saturated carbocycles. The fraction of sp³-hybridized carbons (Fsp3) is 0.605. The molecule has 4 aliphatic carbocycles. The zero-order chi connectivity index (χ0) is 28.9. The zero-order valence-electron chi connectivity index (χ0n) is 26.1. The molecule has 220 valence electrons. The van der Waals surface area contributed by atoms with Crippen LogP contribution in [0.5, 0.6) is 0 Å². The minimum absolute atomic E-state index is 0.00652. The molecule has 0 saturated heterocycles. The molecule has 0 bridgehead atoms. The standard InChI is InChI=1S/C38H50O3/c1-24(2)25(3)11-12-26(4)32-15-16-33-30-13-14-34-31(22-29-10-8-20-41-29)36(39)27(21-28-9-7-19-40-28)23-38(34,6)35(30)17-18-37(32,33)5/h7-10,13,19-22,24-26,32-35H,11-12,14-18,23H2,1-6H3/b27-21-,31-22-/t25-,26+,32-,33+,34-,35-,37+,38-/m0/s1. The monoisotopic (exact) mass is 554 g/mol. The average molecular weight is 555 g/mol. The van der Waals surface area contributed by atoms with Gasteiger partial charge in [-0.3, -0.25) is 4.79 Å². The summed E-state index contributed by atoms with van der Waals surface area (Å²) >= 11 is 0. The second-order valence-corrected chi connectivity index (χ2v) is 14.9. The van der Waals surface area contributed by atoms with Crippen molar-refractivity contribution in [3.8, 4) is 0 Å². The topological polar surface area (TPSA) is 43.4 Å². The Morgan fingerprint density at radius 2 is 1.56 bits per heavy atom. The van der Waals surface area contributed by atoms with Gasteiger partial charge >= 0.3 is 0 Å². The third-order valence-corrected chi connectivity index (χ3v) is 12.5. The lowest BCUT2D eigenvalue weighted by Gasteiger charge is -2.57. The van der Waals surface area contributed by atoms with Crippen LogP contribution in [0.25, 0.3) is 12.2 Å². The lowest BCUT2D eigenvalue weighted by molar-refractivity contribution is -0.115. The van der Waals surface area contributed by atoms with Gasteiger partial charge in [0.1, 0.15) is 11.5 Å². The first-order valence-corrected chi connectivity index (χ1v) is 16.4. The van der Waals surface area contributed by atoms with E-state index in [0.29, 0.717) is 17.3 Å². The molecule has 41 heavy (non-hydrogen) atoms. The van der Waals surface area contributed by atoms with Crippen molar-refractivity contribution in [3.05, 3.63) is 71.1 Å². The van der Waals surface area contributed by atoms with E-state index in [1.165, 1.54) is 38.5 Å². The van der Waals surface area contributed by atoms with Gasteiger partial charge in [0.25, 0.3) is 0 Å². The number of hydrogen-bond donors (Lipinski definition) is 0. The van der Waals surface area contributed by atoms with Crippen molar-refractivity contribution >= 4 is 17.9 Å². The molecule has 0 spiro atoms. The lowest BCUT2D eigenvalue weighted by atomic mass is 9.46. The first kappa shape index (κ1) is 28.6. The number of Topliss-reactive ketones (excluding diaryl/α,β-unsaturated/α-hetero) is 1. The van der Waals surface area contributed by atoms with Gasteiger partial charge in [-0.2, -0.15) is 0 Å². The maximum atomic E-state index is 14.0. The highest BCUT2D eigenvalue weighted by molar-refractivity contribution is 6.14. The highest BCUT2D eigenvalue weighted by Gasteiger charge is 2.59. The smallest absolute Gasteiger partial charge is 0.185 e. The molecule has 3 fully saturated rings. The van der Waals surface area contributed by atoms with Crippen LogP contribution < -0.4 is 0 Å². The molecule has 0 radical (unpaired) electrons. The predicted molar refractivity (Wildman–Crippen MR) is 167 cm³/mol. The average Bonchev–Trinajstić information content (AvgIpc) is 3.71. The van der Waals surface area contributed by atoms with E-state index in [0.717, 1.165) is 59.2 Å². The van der Waals surface area contributed by atoms with Gasteiger partial charge in [0.05, 0.1) is 12.5 Å². The van der Waals surface area contributed by atoms with Crippen LogP contribution in [0.1, 0.15) is 104 Å². The minimum atomic E-state index is 0.00652. The van der Waals surface area contributed by atoms with Crippen LogP contribution >= 0.6 is 0 Å². The van der Waals surface area contributed by atoms with E-state index >= 15 is 0 Å². The maximum Gasteiger partial charge on any atom is 0.185 e. The molecule has 2 aromatic rings. The first-order chi connectivity index (χ1) is 19.6. The third-order valence-electron chi connectivity index (χ3n) is 12.5. The Morgan fingerprint density at radius 3 is 2.22 bits per heavy atom. The zero-order valence-corrected chi connectivity index (χ0v) is 26.1. The van der Waals surface area contributed by atoms with Crippen LogP contribution in [0.3, 0.4) is 0 Å². The van der Waals surface area contributed by atoms with Crippen LogP contribution in [0.4, 0.5) is 0 Å². The highest BCUT2D eigenvalue weighted by atomic mass is 16.3. The van der Waals surface area contributed by atoms with Gasteiger partial charge in [-0.1, -0.05) is 66.0 Å². The Balaban J connectivity index is 1.32. The second-order valence-electron chi connectivity index (χ2n) is 14.9. The van der Waals surface area contributed by atoms with Crippen molar-refractivity contribution < 1.29 is 13.6 Å². The van der Waals surface area contributed by atoms with Crippen molar-refractivity contribution in [1.29, 1.82) is 0 Å². The summed E-state index contributed by atoms with van der Waals surface area (Å²) in [7, 11) is 0. The number of allylic oxidation sites excluding steroid dienone is 4. The summed E-state index contributed by atoms with van der Waals surface area (Å²) < 4.78 is 11.4. The van der Waals surface area contributed by atoms with Crippen molar-refractivity contribution in [3.63, 3.8) is 0 Å². The van der Waals surface area contributed by atoms with Crippen LogP contribution in [-0.2, 0) is 4.79 Å². The summed E-state index contributed by atoms with van der Waals surface area (Å²) in [6.07, 6.45) is 19.7. The lowest BCUT2D eigenvalue weighted by Crippen LogP contribution is -2.50. The van der Waals surface area contributed by atoms with Gasteiger partial charge < -0.3 is 8.83 Å². The molecule has 2 aromatic heterocycles. The normalized spacial score (nSPS) is 36.7. The van der Waals surface area contributed by atoms with E-state index < -0.39 is 0 Å². The number of fused-ring (bicyclic) bond motifs is 5. The fourth-order valence-corrected chi connectivity index (χ4v) is 9.71. The summed E-state index contributed by atoms with van der Waals surface area (Å²) in [5.74, 6) is 6.26. The van der Waals surface area contributed by atoms with E-state index in [4.69, 9.17) is 8.83 Å². The molecular weight excluding hydrogens is 504 g/mol. The van der Waals surface area contributed by atoms with Crippen LogP contribution in [0, 0.1) is 52.3 Å². The van der Waals surface area contributed by atoms with Crippen LogP contribution in [0.2, 0.25) is 0 Å². The quantitative estimate of drug-likeness (QED) is 0.252. The van der Waals surface area contributed by atoms with E-state index in [2.05, 4.69) is 47.6 Å². The van der Waals surface area contributed by atoms with Crippen molar-refractivity contribution in [2.45, 2.75) is 92.9 Å². The van der Waals surface area contributed by atoms with Gasteiger partial charge in [0.2, 0.25) is 0 Å². The summed E-state index contributed by atoms with van der Waals surface area (Å²) in [6, 6.07) is 7.71. The van der Waals surface area contributed by atoms with E-state index in [1.807, 2.05) is 36.4 Å². The number of ketones is 1. The van der Waals surface area contributed by atoms with Gasteiger partial charge in [-0.05, 0) is 127 Å². The number of carbonyl (C=O) groups excluding carboxylic acids is 1. The van der Waals surface area contributed by atoms with Crippen molar-refractivity contribution in [2.24, 2.45) is 52.3 Å². The molecule has 2 heterocycles. The number of rotatable bonds is 7. The molecule has 3 heteroatoms. The molecular formula is C38H50O3. The summed E-state index contributed by atoms with van der Waals surface area (Å²) in [5, 5.41) is 0. The van der Waals surface area contributed by atoms with Gasteiger partial charge in [0, 0.05) is 11.1 Å². The van der Waals surface area contributed by atoms with Crippen LogP contribution in [0.15, 0.2) is 68.4 Å². The van der Waals surface area contributed by atoms with E-state index in [9.17, 15) is 4.79 Å².